The molecule has 0 atom stereocenters. The van der Waals surface area contributed by atoms with E-state index in [4.69, 9.17) is 0 Å². The summed E-state index contributed by atoms with van der Waals surface area (Å²) in [7, 11) is -3.37. The van der Waals surface area contributed by atoms with Crippen LogP contribution in [0.2, 0.25) is 0 Å². The molecular formula is C14H24N2O2S. The molecule has 1 aromatic rings. The van der Waals surface area contributed by atoms with Gasteiger partial charge in [-0.3, -0.25) is 0 Å². The van der Waals surface area contributed by atoms with Crippen LogP contribution in [0, 0.1) is 6.92 Å². The maximum atomic E-state index is 12.1. The summed E-state index contributed by atoms with van der Waals surface area (Å²) in [6.45, 7) is 8.12. The zero-order valence-corrected chi connectivity index (χ0v) is 12.8. The van der Waals surface area contributed by atoms with E-state index in [1.165, 1.54) is 0 Å². The van der Waals surface area contributed by atoms with Crippen molar-refractivity contribution in [3.8, 4) is 0 Å². The van der Waals surface area contributed by atoms with Gasteiger partial charge in [0.15, 0.2) is 0 Å². The van der Waals surface area contributed by atoms with Crippen LogP contribution in [0.25, 0.3) is 0 Å². The van der Waals surface area contributed by atoms with Crippen LogP contribution < -0.4 is 10.0 Å². The number of hydrogen-bond acceptors (Lipinski definition) is 3. The van der Waals surface area contributed by atoms with Crippen LogP contribution in [0.1, 0.15) is 37.8 Å². The van der Waals surface area contributed by atoms with Crippen molar-refractivity contribution in [3.05, 3.63) is 29.3 Å². The average molecular weight is 284 g/mol. The van der Waals surface area contributed by atoms with E-state index in [0.29, 0.717) is 18.0 Å². The van der Waals surface area contributed by atoms with Crippen molar-refractivity contribution in [3.63, 3.8) is 0 Å². The minimum atomic E-state index is -3.37. The minimum absolute atomic E-state index is 0.349. The van der Waals surface area contributed by atoms with Gasteiger partial charge in [0.1, 0.15) is 0 Å². The molecule has 1 rings (SSSR count). The van der Waals surface area contributed by atoms with E-state index >= 15 is 0 Å². The van der Waals surface area contributed by atoms with E-state index in [1.807, 2.05) is 26.8 Å². The molecule has 0 heterocycles. The molecular weight excluding hydrogens is 260 g/mol. The number of nitrogens with one attached hydrogen (secondary N) is 2. The molecule has 0 amide bonds. The first-order valence-electron chi connectivity index (χ1n) is 6.81. The normalized spacial score (nSPS) is 11.7. The van der Waals surface area contributed by atoms with Crippen molar-refractivity contribution in [2.45, 2.75) is 45.1 Å². The van der Waals surface area contributed by atoms with E-state index in [2.05, 4.69) is 10.0 Å². The van der Waals surface area contributed by atoms with Crippen LogP contribution in [0.15, 0.2) is 23.1 Å². The van der Waals surface area contributed by atoms with Crippen molar-refractivity contribution in [2.24, 2.45) is 0 Å². The van der Waals surface area contributed by atoms with Gasteiger partial charge in [0, 0.05) is 13.1 Å². The van der Waals surface area contributed by atoms with E-state index in [1.54, 1.807) is 12.1 Å². The molecule has 0 saturated heterocycles. The molecule has 2 N–H and O–H groups in total. The van der Waals surface area contributed by atoms with Crippen LogP contribution >= 0.6 is 0 Å². The van der Waals surface area contributed by atoms with Gasteiger partial charge in [-0.05, 0) is 43.1 Å². The topological polar surface area (TPSA) is 58.2 Å². The molecule has 0 unspecified atom stereocenters. The highest BCUT2D eigenvalue weighted by Crippen LogP contribution is 2.15. The summed E-state index contributed by atoms with van der Waals surface area (Å²) >= 11 is 0. The summed E-state index contributed by atoms with van der Waals surface area (Å²) in [6, 6.07) is 5.28. The molecule has 0 aromatic heterocycles. The molecule has 4 nitrogen and oxygen atoms in total. The molecule has 108 valence electrons. The highest BCUT2D eigenvalue weighted by atomic mass is 32.2. The molecule has 0 aliphatic carbocycles. The predicted molar refractivity (Wildman–Crippen MR) is 78.7 cm³/mol. The van der Waals surface area contributed by atoms with Crippen molar-refractivity contribution in [1.29, 1.82) is 0 Å². The Morgan fingerprint density at radius 1 is 1.21 bits per heavy atom. The first-order valence-corrected chi connectivity index (χ1v) is 8.29. The van der Waals surface area contributed by atoms with E-state index in [0.717, 1.165) is 30.5 Å². The third-order valence-corrected chi connectivity index (χ3v) is 4.48. The van der Waals surface area contributed by atoms with Crippen LogP contribution in [-0.4, -0.2) is 21.5 Å². The zero-order chi connectivity index (χ0) is 14.3. The highest BCUT2D eigenvalue weighted by Gasteiger charge is 2.14. The second-order valence-corrected chi connectivity index (χ2v) is 6.39. The summed E-state index contributed by atoms with van der Waals surface area (Å²) in [6.07, 6.45) is 1.83. The lowest BCUT2D eigenvalue weighted by atomic mass is 10.1. The van der Waals surface area contributed by atoms with Crippen molar-refractivity contribution >= 4 is 10.0 Å². The van der Waals surface area contributed by atoms with Gasteiger partial charge in [-0.1, -0.05) is 26.3 Å². The predicted octanol–water partition coefficient (Wildman–Crippen LogP) is 2.18. The van der Waals surface area contributed by atoms with Crippen LogP contribution in [0.4, 0.5) is 0 Å². The van der Waals surface area contributed by atoms with Crippen LogP contribution in [0.5, 0.6) is 0 Å². The van der Waals surface area contributed by atoms with Crippen molar-refractivity contribution in [2.75, 3.05) is 13.1 Å². The Morgan fingerprint density at radius 3 is 2.58 bits per heavy atom. The van der Waals surface area contributed by atoms with Gasteiger partial charge < -0.3 is 5.32 Å². The fourth-order valence-corrected chi connectivity index (χ4v) is 2.86. The third-order valence-electron chi connectivity index (χ3n) is 3.02. The maximum Gasteiger partial charge on any atom is 0.240 e. The summed E-state index contributed by atoms with van der Waals surface area (Å²) in [5.74, 6) is 0. The average Bonchev–Trinajstić information content (AvgIpc) is 2.37. The molecule has 0 aliphatic rings. The summed E-state index contributed by atoms with van der Waals surface area (Å²) in [4.78, 5) is 0.349. The Morgan fingerprint density at radius 2 is 1.95 bits per heavy atom. The molecule has 0 spiro atoms. The standard InChI is InChI=1S/C14H24N2O2S/c1-4-6-9-16-19(17,18)14-8-7-12(3)13(10-14)11-15-5-2/h7-8,10,15-16H,4-6,9,11H2,1-3H3. The highest BCUT2D eigenvalue weighted by molar-refractivity contribution is 7.89. The Kier molecular flexibility index (Phi) is 6.48. The van der Waals surface area contributed by atoms with Gasteiger partial charge in [-0.15, -0.1) is 0 Å². The second-order valence-electron chi connectivity index (χ2n) is 4.62. The quantitative estimate of drug-likeness (QED) is 0.719. The van der Waals surface area contributed by atoms with Gasteiger partial charge in [-0.2, -0.15) is 0 Å². The molecule has 0 saturated carbocycles. The van der Waals surface area contributed by atoms with Gasteiger partial charge in [0.2, 0.25) is 10.0 Å². The fraction of sp³-hybridized carbons (Fsp3) is 0.571. The lowest BCUT2D eigenvalue weighted by molar-refractivity contribution is 0.578. The van der Waals surface area contributed by atoms with E-state index in [9.17, 15) is 8.42 Å². The van der Waals surface area contributed by atoms with Gasteiger partial charge in [0.25, 0.3) is 0 Å². The number of hydrogen-bond donors (Lipinski definition) is 2. The Balaban J connectivity index is 2.88. The third kappa shape index (κ3) is 4.93. The second kappa shape index (κ2) is 7.62. The smallest absolute Gasteiger partial charge is 0.240 e. The summed E-state index contributed by atoms with van der Waals surface area (Å²) < 4.78 is 26.9. The fourth-order valence-electron chi connectivity index (χ4n) is 1.73. The summed E-state index contributed by atoms with van der Waals surface area (Å²) in [5, 5.41) is 3.22. The molecule has 0 fully saturated rings. The molecule has 0 bridgehead atoms. The zero-order valence-electron chi connectivity index (χ0n) is 12.0. The number of rotatable bonds is 8. The lowest BCUT2D eigenvalue weighted by Crippen LogP contribution is -2.25. The monoisotopic (exact) mass is 284 g/mol. The minimum Gasteiger partial charge on any atom is -0.313 e. The number of unbranched alkanes of at least 4 members (excludes halogenated alkanes) is 1. The molecule has 0 aliphatic heterocycles. The van der Waals surface area contributed by atoms with Crippen molar-refractivity contribution < 1.29 is 8.42 Å². The van der Waals surface area contributed by atoms with Crippen LogP contribution in [0.3, 0.4) is 0 Å². The van der Waals surface area contributed by atoms with Gasteiger partial charge in [-0.25, -0.2) is 13.1 Å². The van der Waals surface area contributed by atoms with E-state index < -0.39 is 10.0 Å². The van der Waals surface area contributed by atoms with E-state index in [-0.39, 0.29) is 0 Å². The lowest BCUT2D eigenvalue weighted by Gasteiger charge is -2.11. The maximum absolute atomic E-state index is 12.1. The van der Waals surface area contributed by atoms with Crippen molar-refractivity contribution in [1.82, 2.24) is 10.0 Å². The first-order chi connectivity index (χ1) is 9.01. The molecule has 19 heavy (non-hydrogen) atoms. The molecule has 1 aromatic carbocycles. The SMILES string of the molecule is CCCCNS(=O)(=O)c1ccc(C)c(CNCC)c1. The summed E-state index contributed by atoms with van der Waals surface area (Å²) in [5.41, 5.74) is 2.13. The Bertz CT molecular complexity index is 498. The number of benzene rings is 1. The number of sulfonamides is 1. The Labute approximate surface area is 116 Å². The van der Waals surface area contributed by atoms with Gasteiger partial charge >= 0.3 is 0 Å². The van der Waals surface area contributed by atoms with Gasteiger partial charge in [0.05, 0.1) is 4.90 Å². The van der Waals surface area contributed by atoms with Crippen LogP contribution in [-0.2, 0) is 16.6 Å². The largest absolute Gasteiger partial charge is 0.313 e. The first kappa shape index (κ1) is 16.1. The number of aryl methyl sites for hydroxylation is 1. The Hall–Kier alpha value is -0.910. The molecule has 0 radical (unpaired) electrons. The molecule has 5 heteroatoms.